The van der Waals surface area contributed by atoms with Crippen LogP contribution < -0.4 is 16.2 Å². The molecule has 88 valence electrons. The van der Waals surface area contributed by atoms with Crippen molar-refractivity contribution in [2.45, 2.75) is 13.0 Å². The Labute approximate surface area is 98.8 Å². The van der Waals surface area contributed by atoms with Crippen molar-refractivity contribution < 1.29 is 9.53 Å². The molecule has 4 N–H and O–H groups in total. The van der Waals surface area contributed by atoms with Gasteiger partial charge in [0.2, 0.25) is 5.91 Å². The lowest BCUT2D eigenvalue weighted by Gasteiger charge is -2.20. The highest BCUT2D eigenvalue weighted by Crippen LogP contribution is 2.32. The van der Waals surface area contributed by atoms with E-state index in [0.717, 1.165) is 5.56 Å². The van der Waals surface area contributed by atoms with Crippen LogP contribution in [0.5, 0.6) is 5.75 Å². The van der Waals surface area contributed by atoms with Crippen molar-refractivity contribution in [2.24, 2.45) is 16.5 Å². The average molecular weight is 231 g/mol. The van der Waals surface area contributed by atoms with Crippen molar-refractivity contribution >= 4 is 23.5 Å². The molecular weight excluding hydrogens is 218 g/mol. The number of carbonyl (C=O) groups is 1. The Morgan fingerprint density at radius 3 is 3.00 bits per heavy atom. The van der Waals surface area contributed by atoms with Crippen LogP contribution in [-0.2, 0) is 4.79 Å². The van der Waals surface area contributed by atoms with Crippen molar-refractivity contribution in [3.05, 3.63) is 29.8 Å². The number of benzene rings is 1. The number of primary amides is 1. The zero-order valence-electron chi connectivity index (χ0n) is 9.38. The van der Waals surface area contributed by atoms with E-state index >= 15 is 0 Å². The highest BCUT2D eigenvalue weighted by Gasteiger charge is 2.17. The first kappa shape index (κ1) is 11.2. The Kier molecular flexibility index (Phi) is 2.82. The Bertz CT molecular complexity index is 520. The molecule has 0 aromatic heterocycles. The average Bonchev–Trinajstić information content (AvgIpc) is 2.28. The maximum absolute atomic E-state index is 10.6. The maximum Gasteiger partial charge on any atom is 0.241 e. The Morgan fingerprint density at radius 1 is 1.53 bits per heavy atom. The highest BCUT2D eigenvalue weighted by molar-refractivity contribution is 5.92. The number of amides is 1. The molecule has 1 amide bonds. The first-order chi connectivity index (χ1) is 8.06. The lowest BCUT2D eigenvalue weighted by molar-refractivity contribution is -0.113. The third kappa shape index (κ3) is 2.44. The van der Waals surface area contributed by atoms with Crippen LogP contribution in [0.15, 0.2) is 29.3 Å². The maximum atomic E-state index is 10.6. The molecule has 0 spiro atoms. The Hall–Kier alpha value is -2.30. The van der Waals surface area contributed by atoms with Crippen molar-refractivity contribution in [1.82, 2.24) is 0 Å². The number of fused-ring (bicyclic) bond motifs is 1. The zero-order chi connectivity index (χ0) is 12.4. The third-order valence-electron chi connectivity index (χ3n) is 2.39. The second kappa shape index (κ2) is 4.29. The van der Waals surface area contributed by atoms with E-state index in [-0.39, 0.29) is 6.10 Å². The molecule has 5 nitrogen and oxygen atoms in total. The fourth-order valence-corrected chi connectivity index (χ4v) is 1.48. The molecule has 5 heteroatoms. The number of nitrogens with zero attached hydrogens (tertiary/aromatic N) is 1. The largest absolute Gasteiger partial charge is 0.481 e. The van der Waals surface area contributed by atoms with Crippen LogP contribution in [0.1, 0.15) is 12.5 Å². The summed E-state index contributed by atoms with van der Waals surface area (Å²) >= 11 is 0. The number of hydrogen-bond donors (Lipinski definition) is 2. The molecule has 17 heavy (non-hydrogen) atoms. The van der Waals surface area contributed by atoms with Crippen LogP contribution in [0.2, 0.25) is 0 Å². The predicted octanol–water partition coefficient (Wildman–Crippen LogP) is 0.955. The monoisotopic (exact) mass is 231 g/mol. The van der Waals surface area contributed by atoms with E-state index in [2.05, 4.69) is 4.99 Å². The van der Waals surface area contributed by atoms with Crippen LogP contribution in [0.4, 0.5) is 5.69 Å². The van der Waals surface area contributed by atoms with Crippen LogP contribution in [-0.4, -0.2) is 17.8 Å². The first-order valence-electron chi connectivity index (χ1n) is 5.18. The van der Waals surface area contributed by atoms with Gasteiger partial charge in [-0.1, -0.05) is 6.07 Å². The van der Waals surface area contributed by atoms with Crippen LogP contribution in [0, 0.1) is 0 Å². The first-order valence-corrected chi connectivity index (χ1v) is 5.18. The van der Waals surface area contributed by atoms with Crippen molar-refractivity contribution in [2.75, 3.05) is 0 Å². The molecule has 0 fully saturated rings. The van der Waals surface area contributed by atoms with E-state index in [1.807, 2.05) is 13.0 Å². The van der Waals surface area contributed by atoms with Crippen molar-refractivity contribution in [3.63, 3.8) is 0 Å². The van der Waals surface area contributed by atoms with Crippen LogP contribution >= 0.6 is 0 Å². The summed E-state index contributed by atoms with van der Waals surface area (Å²) in [5.74, 6) is 0.632. The molecule has 0 saturated carbocycles. The molecule has 1 aliphatic rings. The second-order valence-corrected chi connectivity index (χ2v) is 3.76. The van der Waals surface area contributed by atoms with Gasteiger partial charge < -0.3 is 16.2 Å². The van der Waals surface area contributed by atoms with Gasteiger partial charge in [-0.2, -0.15) is 0 Å². The van der Waals surface area contributed by atoms with E-state index in [9.17, 15) is 4.79 Å². The zero-order valence-corrected chi connectivity index (χ0v) is 9.38. The summed E-state index contributed by atoms with van der Waals surface area (Å²) in [6.07, 6.45) is 2.70. The minimum absolute atomic E-state index is 0.213. The summed E-state index contributed by atoms with van der Waals surface area (Å²) in [7, 11) is 0. The summed E-state index contributed by atoms with van der Waals surface area (Å²) in [6, 6.07) is 5.40. The van der Waals surface area contributed by atoms with Gasteiger partial charge in [-0.05, 0) is 30.7 Å². The van der Waals surface area contributed by atoms with Gasteiger partial charge in [-0.25, -0.2) is 4.99 Å². The smallest absolute Gasteiger partial charge is 0.241 e. The topological polar surface area (TPSA) is 90.7 Å². The molecule has 1 aromatic rings. The Morgan fingerprint density at radius 2 is 2.29 bits per heavy atom. The molecule has 0 aliphatic carbocycles. The molecule has 0 saturated heterocycles. The van der Waals surface area contributed by atoms with Crippen LogP contribution in [0.25, 0.3) is 6.08 Å². The van der Waals surface area contributed by atoms with E-state index in [0.29, 0.717) is 17.3 Å². The minimum atomic E-state index is -0.490. The molecule has 1 aliphatic heterocycles. The second-order valence-electron chi connectivity index (χ2n) is 3.76. The van der Waals surface area contributed by atoms with Crippen molar-refractivity contribution in [1.29, 1.82) is 0 Å². The summed E-state index contributed by atoms with van der Waals surface area (Å²) in [4.78, 5) is 14.9. The molecule has 0 radical (unpaired) electrons. The SMILES string of the molecule is CC1Oc2ccc(C=CC(N)=O)cc2N=C1N. The number of rotatable bonds is 2. The molecule has 1 unspecified atom stereocenters. The quantitative estimate of drug-likeness (QED) is 0.742. The Balaban J connectivity index is 2.34. The summed E-state index contributed by atoms with van der Waals surface area (Å²) in [6.45, 7) is 1.84. The van der Waals surface area contributed by atoms with E-state index < -0.39 is 5.91 Å². The third-order valence-corrected chi connectivity index (χ3v) is 2.39. The van der Waals surface area contributed by atoms with Gasteiger partial charge in [0.15, 0.2) is 6.10 Å². The molecule has 1 heterocycles. The molecule has 1 atom stereocenters. The van der Waals surface area contributed by atoms with E-state index in [1.165, 1.54) is 6.08 Å². The normalized spacial score (nSPS) is 18.4. The van der Waals surface area contributed by atoms with E-state index in [4.69, 9.17) is 16.2 Å². The van der Waals surface area contributed by atoms with Gasteiger partial charge in [-0.3, -0.25) is 4.79 Å². The lowest BCUT2D eigenvalue weighted by atomic mass is 10.1. The molecular formula is C12H13N3O2. The number of ether oxygens (including phenoxy) is 1. The predicted molar refractivity (Wildman–Crippen MR) is 66.0 cm³/mol. The standard InChI is InChI=1S/C12H13N3O2/c1-7-12(14)15-9-6-8(3-5-11(13)16)2-4-10(9)17-7/h2-7H,1H3,(H2,13,16)(H2,14,15). The van der Waals surface area contributed by atoms with Crippen molar-refractivity contribution in [3.8, 4) is 5.75 Å². The van der Waals surface area contributed by atoms with Gasteiger partial charge >= 0.3 is 0 Å². The van der Waals surface area contributed by atoms with Gasteiger partial charge in [0.25, 0.3) is 0 Å². The van der Waals surface area contributed by atoms with Crippen LogP contribution in [0.3, 0.4) is 0 Å². The van der Waals surface area contributed by atoms with E-state index in [1.54, 1.807) is 18.2 Å². The molecule has 1 aromatic carbocycles. The fourth-order valence-electron chi connectivity index (χ4n) is 1.48. The number of carbonyl (C=O) groups excluding carboxylic acids is 1. The van der Waals surface area contributed by atoms with Gasteiger partial charge in [0.05, 0.1) is 0 Å². The molecule has 0 bridgehead atoms. The van der Waals surface area contributed by atoms with Gasteiger partial charge in [0, 0.05) is 6.08 Å². The highest BCUT2D eigenvalue weighted by atomic mass is 16.5. The number of hydrogen-bond acceptors (Lipinski definition) is 4. The molecule has 2 rings (SSSR count). The van der Waals surface area contributed by atoms with Gasteiger partial charge in [0.1, 0.15) is 17.3 Å². The summed E-state index contributed by atoms with van der Waals surface area (Å²) < 4.78 is 5.55. The minimum Gasteiger partial charge on any atom is -0.481 e. The lowest BCUT2D eigenvalue weighted by Crippen LogP contribution is -2.33. The number of aliphatic imine (C=N–C) groups is 1. The van der Waals surface area contributed by atoms with Gasteiger partial charge in [-0.15, -0.1) is 0 Å². The fraction of sp³-hybridized carbons (Fsp3) is 0.167. The number of amidine groups is 1. The number of nitrogens with two attached hydrogens (primary N) is 2. The summed E-state index contributed by atoms with van der Waals surface area (Å²) in [5.41, 5.74) is 12.2. The summed E-state index contributed by atoms with van der Waals surface area (Å²) in [5, 5.41) is 0.